The molecule has 0 aromatic heterocycles. The van der Waals surface area contributed by atoms with Crippen molar-refractivity contribution in [1.82, 2.24) is 0 Å². The van der Waals surface area contributed by atoms with E-state index in [1.54, 1.807) is 0 Å². The number of anilines is 1. The molecule has 0 unspecified atom stereocenters. The topological polar surface area (TPSA) is 38.3 Å². The Hall–Kier alpha value is -1.51. The number of rotatable bonds is 4. The van der Waals surface area contributed by atoms with E-state index in [9.17, 15) is 4.79 Å². The molecule has 0 heterocycles. The molecular weight excluding hydrogens is 286 g/mol. The lowest BCUT2D eigenvalue weighted by molar-refractivity contribution is 0.0524. The molecule has 1 aromatic rings. The number of benzene rings is 1. The lowest BCUT2D eigenvalue weighted by Crippen LogP contribution is -2.30. The Morgan fingerprint density at radius 2 is 1.65 bits per heavy atom. The smallest absolute Gasteiger partial charge is 0.411 e. The first-order chi connectivity index (χ1) is 10.9. The summed E-state index contributed by atoms with van der Waals surface area (Å²) in [5.74, 6) is 1.18. The van der Waals surface area contributed by atoms with Crippen molar-refractivity contribution in [3.05, 3.63) is 29.3 Å². The number of ether oxygens (including phenoxy) is 1. The van der Waals surface area contributed by atoms with E-state index in [1.165, 1.54) is 17.5 Å². The maximum absolute atomic E-state index is 12.4. The molecule has 2 atom stereocenters. The molecule has 1 aliphatic rings. The molecule has 0 saturated heterocycles. The van der Waals surface area contributed by atoms with Crippen LogP contribution in [0.3, 0.4) is 0 Å². The summed E-state index contributed by atoms with van der Waals surface area (Å²) in [6.45, 7) is 10.8. The molecule has 1 amide bonds. The van der Waals surface area contributed by atoms with E-state index in [-0.39, 0.29) is 12.2 Å². The van der Waals surface area contributed by atoms with Gasteiger partial charge in [-0.05, 0) is 48.1 Å². The van der Waals surface area contributed by atoms with E-state index in [0.717, 1.165) is 24.9 Å². The minimum atomic E-state index is -0.307. The van der Waals surface area contributed by atoms with Crippen LogP contribution in [-0.2, 0) is 4.74 Å². The number of hydrogen-bond acceptors (Lipinski definition) is 2. The molecule has 2 rings (SSSR count). The van der Waals surface area contributed by atoms with Gasteiger partial charge in [-0.1, -0.05) is 59.2 Å². The second-order valence-electron chi connectivity index (χ2n) is 7.45. The highest BCUT2D eigenvalue weighted by atomic mass is 16.6. The average molecular weight is 317 g/mol. The van der Waals surface area contributed by atoms with Gasteiger partial charge in [0.25, 0.3) is 0 Å². The van der Waals surface area contributed by atoms with Gasteiger partial charge >= 0.3 is 6.09 Å². The van der Waals surface area contributed by atoms with E-state index in [2.05, 4.69) is 58.1 Å². The average Bonchev–Trinajstić information content (AvgIpc) is 2.49. The Morgan fingerprint density at radius 1 is 1.09 bits per heavy atom. The third-order valence-electron chi connectivity index (χ3n) is 4.89. The van der Waals surface area contributed by atoms with E-state index < -0.39 is 0 Å². The van der Waals surface area contributed by atoms with Crippen LogP contribution >= 0.6 is 0 Å². The van der Waals surface area contributed by atoms with Crippen molar-refractivity contribution >= 4 is 11.8 Å². The van der Waals surface area contributed by atoms with Crippen LogP contribution in [0, 0.1) is 5.92 Å². The minimum absolute atomic E-state index is 0.0532. The highest BCUT2D eigenvalue weighted by Gasteiger charge is 2.25. The van der Waals surface area contributed by atoms with Gasteiger partial charge in [-0.25, -0.2) is 4.79 Å². The van der Waals surface area contributed by atoms with E-state index in [0.29, 0.717) is 17.8 Å². The Bertz CT molecular complexity index is 510. The molecule has 1 fully saturated rings. The van der Waals surface area contributed by atoms with E-state index in [4.69, 9.17) is 4.74 Å². The zero-order chi connectivity index (χ0) is 17.0. The SMILES string of the molecule is CC(C)c1cccc(C(C)C)c1NC(=O)O[C@H]1CCCC[C@H]1C. The number of para-hydroxylation sites is 1. The third-order valence-corrected chi connectivity index (χ3v) is 4.89. The van der Waals surface area contributed by atoms with Crippen molar-refractivity contribution in [3.8, 4) is 0 Å². The first kappa shape index (κ1) is 17.8. The Labute approximate surface area is 140 Å². The fourth-order valence-electron chi connectivity index (χ4n) is 3.42. The predicted molar refractivity (Wildman–Crippen MR) is 96.1 cm³/mol. The van der Waals surface area contributed by atoms with Crippen LogP contribution < -0.4 is 5.32 Å². The van der Waals surface area contributed by atoms with Gasteiger partial charge in [0.15, 0.2) is 0 Å². The molecule has 1 N–H and O–H groups in total. The number of carbonyl (C=O) groups is 1. The van der Waals surface area contributed by atoms with E-state index in [1.807, 2.05) is 0 Å². The van der Waals surface area contributed by atoms with Crippen molar-refractivity contribution in [3.63, 3.8) is 0 Å². The Morgan fingerprint density at radius 3 is 2.17 bits per heavy atom. The van der Waals surface area contributed by atoms with Crippen LogP contribution in [-0.4, -0.2) is 12.2 Å². The highest BCUT2D eigenvalue weighted by Crippen LogP contribution is 2.33. The van der Waals surface area contributed by atoms with Gasteiger partial charge in [-0.3, -0.25) is 5.32 Å². The first-order valence-electron chi connectivity index (χ1n) is 9.00. The molecule has 23 heavy (non-hydrogen) atoms. The van der Waals surface area contributed by atoms with Gasteiger partial charge in [0.1, 0.15) is 6.10 Å². The molecule has 128 valence electrons. The quantitative estimate of drug-likeness (QED) is 0.733. The molecule has 0 aliphatic heterocycles. The summed E-state index contributed by atoms with van der Waals surface area (Å²) in [6.07, 6.45) is 4.28. The van der Waals surface area contributed by atoms with Crippen molar-refractivity contribution in [1.29, 1.82) is 0 Å². The number of amides is 1. The minimum Gasteiger partial charge on any atom is -0.446 e. The first-order valence-corrected chi connectivity index (χ1v) is 9.00. The summed E-state index contributed by atoms with van der Waals surface area (Å²) in [4.78, 5) is 12.4. The molecule has 3 heteroatoms. The zero-order valence-electron chi connectivity index (χ0n) is 15.2. The summed E-state index contributed by atoms with van der Waals surface area (Å²) >= 11 is 0. The highest BCUT2D eigenvalue weighted by molar-refractivity contribution is 5.87. The second-order valence-corrected chi connectivity index (χ2v) is 7.45. The van der Waals surface area contributed by atoms with Gasteiger partial charge in [-0.15, -0.1) is 0 Å². The molecule has 0 spiro atoms. The van der Waals surface area contributed by atoms with Gasteiger partial charge in [-0.2, -0.15) is 0 Å². The van der Waals surface area contributed by atoms with Crippen molar-refractivity contribution in [2.75, 3.05) is 5.32 Å². The van der Waals surface area contributed by atoms with Crippen molar-refractivity contribution < 1.29 is 9.53 Å². The fourth-order valence-corrected chi connectivity index (χ4v) is 3.42. The maximum atomic E-state index is 12.4. The van der Waals surface area contributed by atoms with Crippen LogP contribution in [0.25, 0.3) is 0 Å². The lowest BCUT2D eigenvalue weighted by atomic mass is 9.88. The molecule has 3 nitrogen and oxygen atoms in total. The molecular formula is C20H31NO2. The number of carbonyl (C=O) groups excluding carboxylic acids is 1. The molecule has 1 aromatic carbocycles. The third kappa shape index (κ3) is 4.49. The van der Waals surface area contributed by atoms with Gasteiger partial charge in [0, 0.05) is 0 Å². The van der Waals surface area contributed by atoms with Crippen LogP contribution in [0.5, 0.6) is 0 Å². The summed E-state index contributed by atoms with van der Waals surface area (Å²) in [5.41, 5.74) is 3.28. The molecule has 0 bridgehead atoms. The van der Waals surface area contributed by atoms with E-state index >= 15 is 0 Å². The van der Waals surface area contributed by atoms with Gasteiger partial charge in [0.05, 0.1) is 5.69 Å². The predicted octanol–water partition coefficient (Wildman–Crippen LogP) is 6.06. The monoisotopic (exact) mass is 317 g/mol. The Balaban J connectivity index is 2.16. The molecule has 1 aliphatic carbocycles. The standard InChI is InChI=1S/C20H31NO2/c1-13(2)16-10-8-11-17(14(3)4)19(16)21-20(22)23-18-12-7-6-9-15(18)5/h8,10-11,13-15,18H,6-7,9,12H2,1-5H3,(H,21,22)/t15-,18+/m1/s1. The fraction of sp³-hybridized carbons (Fsp3) is 0.650. The van der Waals surface area contributed by atoms with Crippen LogP contribution in [0.1, 0.15) is 83.3 Å². The van der Waals surface area contributed by atoms with Gasteiger partial charge in [0.2, 0.25) is 0 Å². The van der Waals surface area contributed by atoms with Crippen LogP contribution in [0.2, 0.25) is 0 Å². The lowest BCUT2D eigenvalue weighted by Gasteiger charge is -2.29. The summed E-state index contributed by atoms with van der Waals surface area (Å²) in [6, 6.07) is 6.26. The summed E-state index contributed by atoms with van der Waals surface area (Å²) in [7, 11) is 0. The maximum Gasteiger partial charge on any atom is 0.411 e. The Kier molecular flexibility index (Phi) is 6.09. The summed E-state index contributed by atoms with van der Waals surface area (Å²) < 4.78 is 5.73. The van der Waals surface area contributed by atoms with Crippen LogP contribution in [0.4, 0.5) is 10.5 Å². The number of nitrogens with one attached hydrogen (secondary N) is 1. The summed E-state index contributed by atoms with van der Waals surface area (Å²) in [5, 5.41) is 3.05. The number of hydrogen-bond donors (Lipinski definition) is 1. The zero-order valence-corrected chi connectivity index (χ0v) is 15.2. The second kappa shape index (κ2) is 7.85. The normalized spacial score (nSPS) is 21.5. The van der Waals surface area contributed by atoms with Crippen LogP contribution in [0.15, 0.2) is 18.2 Å². The molecule has 0 radical (unpaired) electrons. The van der Waals surface area contributed by atoms with Crippen molar-refractivity contribution in [2.24, 2.45) is 5.92 Å². The van der Waals surface area contributed by atoms with Crippen molar-refractivity contribution in [2.45, 2.75) is 78.2 Å². The largest absolute Gasteiger partial charge is 0.446 e. The van der Waals surface area contributed by atoms with Gasteiger partial charge < -0.3 is 4.74 Å². The molecule has 1 saturated carbocycles.